The quantitative estimate of drug-likeness (QED) is 0.621. The highest BCUT2D eigenvalue weighted by Crippen LogP contribution is 2.34. The maximum atomic E-state index is 13.1. The summed E-state index contributed by atoms with van der Waals surface area (Å²) in [6, 6.07) is 17.6. The first kappa shape index (κ1) is 16.0. The molecule has 3 aromatic carbocycles. The summed E-state index contributed by atoms with van der Waals surface area (Å²) in [4.78, 5) is 0. The van der Waals surface area contributed by atoms with Crippen molar-refractivity contribution in [2.24, 2.45) is 0 Å². The molecule has 0 unspecified atom stereocenters. The van der Waals surface area contributed by atoms with E-state index in [1.165, 1.54) is 12.1 Å². The van der Waals surface area contributed by atoms with E-state index >= 15 is 0 Å². The Morgan fingerprint density at radius 1 is 0.958 bits per heavy atom. The number of benzene rings is 3. The molecule has 0 radical (unpaired) electrons. The monoisotopic (exact) mass is 336 g/mol. The molecule has 0 aliphatic heterocycles. The highest BCUT2D eigenvalue weighted by molar-refractivity contribution is 6.31. The lowest BCUT2D eigenvalue weighted by molar-refractivity contribution is 0.628. The first-order valence-corrected chi connectivity index (χ1v) is 7.73. The molecule has 0 saturated carbocycles. The molecule has 0 amide bonds. The number of nitrogen functional groups attached to an aromatic ring is 1. The Hall–Kier alpha value is -2.83. The van der Waals surface area contributed by atoms with E-state index in [-0.39, 0.29) is 5.82 Å². The lowest BCUT2D eigenvalue weighted by atomic mass is 9.93. The largest absolute Gasteiger partial charge is 0.398 e. The predicted octanol–water partition coefficient (Wildman–Crippen LogP) is 5.58. The lowest BCUT2D eigenvalue weighted by Crippen LogP contribution is -1.96. The van der Waals surface area contributed by atoms with Crippen molar-refractivity contribution in [1.82, 2.24) is 0 Å². The Morgan fingerprint density at radius 2 is 1.62 bits per heavy atom. The molecule has 118 valence electrons. The van der Waals surface area contributed by atoms with Gasteiger partial charge in [-0.05, 0) is 71.1 Å². The third-order valence-electron chi connectivity index (χ3n) is 4.00. The molecule has 0 heterocycles. The van der Waals surface area contributed by atoms with Crippen LogP contribution in [0.4, 0.5) is 10.1 Å². The zero-order chi connectivity index (χ0) is 17.3. The van der Waals surface area contributed by atoms with Gasteiger partial charge in [-0.25, -0.2) is 4.39 Å². The smallest absolute Gasteiger partial charge is 0.123 e. The minimum atomic E-state index is -0.283. The fourth-order valence-corrected chi connectivity index (χ4v) is 2.98. The summed E-state index contributed by atoms with van der Waals surface area (Å²) in [5.74, 6) is -0.283. The number of halogens is 2. The molecule has 3 aromatic rings. The number of anilines is 1. The Labute approximate surface area is 144 Å². The van der Waals surface area contributed by atoms with Crippen LogP contribution in [0.15, 0.2) is 54.6 Å². The van der Waals surface area contributed by atoms with Crippen LogP contribution in [0.2, 0.25) is 5.02 Å². The van der Waals surface area contributed by atoms with Crippen LogP contribution in [-0.4, -0.2) is 0 Å². The van der Waals surface area contributed by atoms with Gasteiger partial charge in [0.1, 0.15) is 11.9 Å². The van der Waals surface area contributed by atoms with Crippen LogP contribution in [0.3, 0.4) is 0 Å². The van der Waals surface area contributed by atoms with Crippen LogP contribution in [0.25, 0.3) is 22.3 Å². The Balaban J connectivity index is 2.17. The van der Waals surface area contributed by atoms with E-state index in [2.05, 4.69) is 6.07 Å². The van der Waals surface area contributed by atoms with E-state index in [4.69, 9.17) is 17.3 Å². The molecule has 0 aliphatic rings. The minimum absolute atomic E-state index is 0.283. The Kier molecular flexibility index (Phi) is 4.24. The number of nitriles is 1. The van der Waals surface area contributed by atoms with Crippen molar-refractivity contribution in [2.45, 2.75) is 6.92 Å². The van der Waals surface area contributed by atoms with Crippen molar-refractivity contribution in [3.63, 3.8) is 0 Å². The van der Waals surface area contributed by atoms with Gasteiger partial charge in [0.2, 0.25) is 0 Å². The molecule has 0 saturated heterocycles. The van der Waals surface area contributed by atoms with E-state index in [9.17, 15) is 9.65 Å². The van der Waals surface area contributed by atoms with E-state index in [1.807, 2.05) is 31.2 Å². The molecule has 0 fully saturated rings. The molecule has 0 spiro atoms. The van der Waals surface area contributed by atoms with Crippen LogP contribution < -0.4 is 5.73 Å². The van der Waals surface area contributed by atoms with Gasteiger partial charge in [0.25, 0.3) is 0 Å². The maximum Gasteiger partial charge on any atom is 0.123 e. The van der Waals surface area contributed by atoms with Gasteiger partial charge >= 0.3 is 0 Å². The van der Waals surface area contributed by atoms with Crippen molar-refractivity contribution < 1.29 is 4.39 Å². The summed E-state index contributed by atoms with van der Waals surface area (Å²) in [6.07, 6.45) is 0. The number of hydrogen-bond acceptors (Lipinski definition) is 2. The topological polar surface area (TPSA) is 49.8 Å². The molecule has 3 rings (SSSR count). The fourth-order valence-electron chi connectivity index (χ4n) is 2.75. The summed E-state index contributed by atoms with van der Waals surface area (Å²) in [6.45, 7) is 1.86. The van der Waals surface area contributed by atoms with Gasteiger partial charge in [-0.15, -0.1) is 0 Å². The van der Waals surface area contributed by atoms with E-state index in [0.717, 1.165) is 27.8 Å². The van der Waals surface area contributed by atoms with Crippen molar-refractivity contribution >= 4 is 17.3 Å². The highest BCUT2D eigenvalue weighted by atomic mass is 35.5. The van der Waals surface area contributed by atoms with Crippen molar-refractivity contribution in [3.8, 4) is 28.3 Å². The Morgan fingerprint density at radius 3 is 2.29 bits per heavy atom. The zero-order valence-corrected chi connectivity index (χ0v) is 13.7. The van der Waals surface area contributed by atoms with Gasteiger partial charge in [-0.1, -0.05) is 29.8 Å². The summed E-state index contributed by atoms with van der Waals surface area (Å²) in [7, 11) is 0. The molecular formula is C20H14ClFN2. The number of nitrogens with zero attached hydrogens (tertiary/aromatic N) is 1. The van der Waals surface area contributed by atoms with Crippen molar-refractivity contribution in [3.05, 3.63) is 76.6 Å². The average molecular weight is 337 g/mol. The summed E-state index contributed by atoms with van der Waals surface area (Å²) in [5, 5.41) is 9.86. The Bertz CT molecular complexity index is 957. The second-order valence-electron chi connectivity index (χ2n) is 5.55. The molecule has 0 atom stereocenters. The van der Waals surface area contributed by atoms with Crippen LogP contribution in [0.1, 0.15) is 11.1 Å². The third-order valence-corrected chi connectivity index (χ3v) is 4.21. The number of rotatable bonds is 2. The molecule has 0 bridgehead atoms. The van der Waals surface area contributed by atoms with Crippen molar-refractivity contribution in [1.29, 1.82) is 5.26 Å². The second kappa shape index (κ2) is 6.35. The average Bonchev–Trinajstić information content (AvgIpc) is 2.55. The van der Waals surface area contributed by atoms with Gasteiger partial charge in [-0.2, -0.15) is 5.26 Å². The normalized spacial score (nSPS) is 10.4. The van der Waals surface area contributed by atoms with E-state index in [0.29, 0.717) is 16.3 Å². The SMILES string of the molecule is Cc1c(-c2cc(Cl)cc(-c3ccc(F)cc3)c2)ccc(N)c1C#N. The summed E-state index contributed by atoms with van der Waals surface area (Å²) < 4.78 is 13.1. The molecule has 2 nitrogen and oxygen atoms in total. The van der Waals surface area contributed by atoms with Gasteiger partial charge < -0.3 is 5.73 Å². The van der Waals surface area contributed by atoms with Crippen LogP contribution in [0, 0.1) is 24.1 Å². The van der Waals surface area contributed by atoms with Crippen LogP contribution in [0.5, 0.6) is 0 Å². The van der Waals surface area contributed by atoms with Crippen LogP contribution >= 0.6 is 11.6 Å². The fraction of sp³-hybridized carbons (Fsp3) is 0.0500. The second-order valence-corrected chi connectivity index (χ2v) is 5.99. The highest BCUT2D eigenvalue weighted by Gasteiger charge is 2.11. The molecule has 0 aliphatic carbocycles. The van der Waals surface area contributed by atoms with Gasteiger partial charge in [-0.3, -0.25) is 0 Å². The number of nitrogens with two attached hydrogens (primary N) is 1. The summed E-state index contributed by atoms with van der Waals surface area (Å²) in [5.41, 5.74) is 11.1. The third kappa shape index (κ3) is 2.97. The van der Waals surface area contributed by atoms with Gasteiger partial charge in [0.15, 0.2) is 0 Å². The maximum absolute atomic E-state index is 13.1. The summed E-state index contributed by atoms with van der Waals surface area (Å²) >= 11 is 6.27. The predicted molar refractivity (Wildman–Crippen MR) is 96.1 cm³/mol. The zero-order valence-electron chi connectivity index (χ0n) is 13.0. The first-order valence-electron chi connectivity index (χ1n) is 7.35. The van der Waals surface area contributed by atoms with Crippen LogP contribution in [-0.2, 0) is 0 Å². The van der Waals surface area contributed by atoms with E-state index in [1.54, 1.807) is 18.2 Å². The number of hydrogen-bond donors (Lipinski definition) is 1. The van der Waals surface area contributed by atoms with Gasteiger partial charge in [0, 0.05) is 10.7 Å². The molecule has 4 heteroatoms. The first-order chi connectivity index (χ1) is 11.5. The molecular weight excluding hydrogens is 323 g/mol. The lowest BCUT2D eigenvalue weighted by Gasteiger charge is -2.12. The molecule has 2 N–H and O–H groups in total. The standard InChI is InChI=1S/C20H14ClFN2/c1-12-18(6-7-20(24)19(12)11-23)15-8-14(9-16(21)10-15)13-2-4-17(22)5-3-13/h2-10H,24H2,1H3. The van der Waals surface area contributed by atoms with Crippen molar-refractivity contribution in [2.75, 3.05) is 5.73 Å². The molecule has 24 heavy (non-hydrogen) atoms. The molecule has 0 aromatic heterocycles. The minimum Gasteiger partial charge on any atom is -0.398 e. The van der Waals surface area contributed by atoms with Gasteiger partial charge in [0.05, 0.1) is 5.56 Å². The van der Waals surface area contributed by atoms with E-state index < -0.39 is 0 Å².